The van der Waals surface area contributed by atoms with Gasteiger partial charge in [-0.1, -0.05) is 150 Å². The third kappa shape index (κ3) is 29.2. The van der Waals surface area contributed by atoms with Gasteiger partial charge in [-0.05, 0) is 78.7 Å². The second-order valence-electron chi connectivity index (χ2n) is 28.6. The van der Waals surface area contributed by atoms with Gasteiger partial charge in [0.15, 0.2) is 12.1 Å². The molecule has 0 saturated carbocycles. The molecule has 1 heterocycles. The minimum absolute atomic E-state index is 0.00554. The van der Waals surface area contributed by atoms with E-state index in [0.29, 0.717) is 5.56 Å². The van der Waals surface area contributed by atoms with Crippen molar-refractivity contribution in [3.05, 3.63) is 71.8 Å². The largest absolute Gasteiger partial charge is 0.445 e. The predicted molar refractivity (Wildman–Crippen MR) is 373 cm³/mol. The molecule has 1 aliphatic heterocycles. The van der Waals surface area contributed by atoms with Crippen molar-refractivity contribution in [2.75, 3.05) is 19.7 Å². The zero-order valence-corrected chi connectivity index (χ0v) is 60.3. The maximum atomic E-state index is 15.7. The van der Waals surface area contributed by atoms with Crippen molar-refractivity contribution in [2.24, 2.45) is 50.8 Å². The minimum atomic E-state index is -2.59. The Morgan fingerprint density at radius 3 is 1.64 bits per heavy atom. The number of benzene rings is 2. The van der Waals surface area contributed by atoms with E-state index in [0.717, 1.165) is 6.92 Å². The monoisotopic (exact) mass is 1440 g/mol. The lowest BCUT2D eigenvalue weighted by atomic mass is 9.86. The molecule has 1 aliphatic rings. The highest BCUT2D eigenvalue weighted by molar-refractivity contribution is 6.01. The Morgan fingerprint density at radius 1 is 0.598 bits per heavy atom. The Bertz CT molecular complexity index is 3210. The molecule has 2 aromatic rings. The van der Waals surface area contributed by atoms with Crippen LogP contribution in [0.15, 0.2) is 65.7 Å². The number of carbonyl (C=O) groups excluding carboxylic acids is 13. The molecule has 1 fully saturated rings. The van der Waals surface area contributed by atoms with Gasteiger partial charge in [-0.2, -0.15) is 0 Å². The Balaban J connectivity index is 2.44. The van der Waals surface area contributed by atoms with Crippen LogP contribution in [-0.2, 0) is 68.9 Å². The first-order valence-electron chi connectivity index (χ1n) is 33.9. The molecule has 15 atom stereocenters. The van der Waals surface area contributed by atoms with Gasteiger partial charge in [0.25, 0.3) is 0 Å². The van der Waals surface area contributed by atoms with Crippen molar-refractivity contribution in [1.82, 2.24) is 63.8 Å². The molecule has 0 aromatic heterocycles. The van der Waals surface area contributed by atoms with Crippen LogP contribution in [0.3, 0.4) is 0 Å². The summed E-state index contributed by atoms with van der Waals surface area (Å²) in [6.45, 7) is 18.7. The van der Waals surface area contributed by atoms with E-state index in [2.05, 4.69) is 63.5 Å². The number of amides is 13. The van der Waals surface area contributed by atoms with Gasteiger partial charge < -0.3 is 106 Å². The lowest BCUT2D eigenvalue weighted by Gasteiger charge is -2.35. The van der Waals surface area contributed by atoms with Crippen LogP contribution in [0, 0.1) is 28.6 Å². The van der Waals surface area contributed by atoms with Gasteiger partial charge in [0.05, 0.1) is 31.4 Å². The number of aliphatic hydroxyl groups is 4. The first-order valence-corrected chi connectivity index (χ1v) is 33.9. The van der Waals surface area contributed by atoms with Crippen molar-refractivity contribution in [3.8, 4) is 0 Å². The zero-order chi connectivity index (χ0) is 77.1. The van der Waals surface area contributed by atoms with E-state index >= 15 is 14.4 Å². The lowest BCUT2D eigenvalue weighted by Crippen LogP contribution is -2.65. The van der Waals surface area contributed by atoms with Crippen LogP contribution in [0.1, 0.15) is 146 Å². The molecule has 2 aromatic carbocycles. The maximum absolute atomic E-state index is 15.7. The minimum Gasteiger partial charge on any atom is -0.445 e. The SMILES string of the molecule is CC[C@H](C)[C@@H]1NC(=O)[C@@H](CCCN=C(N)N)NC(=O)[C@H](CC(C)C)NC(=O)[C@H]([C@H](O)C(C)C)NC(=O)[C@@H](NC(=O)[C@H](CC(C)(C)C)NC(=O)[C@@H](CC(C)(C)C)NC(=O)OCc2ccccc2)[C@@H](c2ccccc2)NC(=O)[C@H](CO)NC(=O)[C@H]([C@H](O)C(N)=O)NC(=O)CNC(=O)[C@H]([C@H](C)O)NC1=O. The average Bonchev–Trinajstić information content (AvgIpc) is 0.814. The fourth-order valence-electron chi connectivity index (χ4n) is 10.6. The first-order chi connectivity index (χ1) is 47.6. The summed E-state index contributed by atoms with van der Waals surface area (Å²) >= 11 is 0. The molecule has 3 rings (SSSR count). The van der Waals surface area contributed by atoms with E-state index in [4.69, 9.17) is 21.9 Å². The maximum Gasteiger partial charge on any atom is 0.408 e. The number of carbonyl (C=O) groups is 13. The van der Waals surface area contributed by atoms with Gasteiger partial charge in [-0.3, -0.25) is 62.5 Å². The summed E-state index contributed by atoms with van der Waals surface area (Å²) in [6, 6.07) is -4.22. The number of nitrogens with one attached hydrogen (secondary N) is 12. The lowest BCUT2D eigenvalue weighted by molar-refractivity contribution is -0.140. The molecule has 0 bridgehead atoms. The summed E-state index contributed by atoms with van der Waals surface area (Å²) in [6.07, 6.45) is -7.42. The number of hydrogen-bond donors (Lipinski definition) is 19. The Hall–Kier alpha value is -9.54. The summed E-state index contributed by atoms with van der Waals surface area (Å²) in [5.74, 6) is -16.9. The molecule has 0 aliphatic carbocycles. The van der Waals surface area contributed by atoms with Gasteiger partial charge in [0.2, 0.25) is 70.9 Å². The van der Waals surface area contributed by atoms with Crippen molar-refractivity contribution in [2.45, 2.75) is 220 Å². The van der Waals surface area contributed by atoms with Gasteiger partial charge in [-0.15, -0.1) is 0 Å². The average molecular weight is 1440 g/mol. The van der Waals surface area contributed by atoms with Crippen molar-refractivity contribution in [1.29, 1.82) is 0 Å². The highest BCUT2D eigenvalue weighted by Crippen LogP contribution is 2.26. The molecule has 22 N–H and O–H groups in total. The normalized spacial score (nSPS) is 23.3. The molecule has 0 unspecified atom stereocenters. The van der Waals surface area contributed by atoms with Crippen LogP contribution in [0.25, 0.3) is 0 Å². The second-order valence-corrected chi connectivity index (χ2v) is 28.6. The first kappa shape index (κ1) is 86.7. The van der Waals surface area contributed by atoms with Crippen molar-refractivity contribution < 1.29 is 87.5 Å². The molecule has 13 amide bonds. The number of alkyl carbamates (subject to hydrolysis) is 1. The van der Waals surface area contributed by atoms with Crippen LogP contribution in [-0.4, -0.2) is 202 Å². The van der Waals surface area contributed by atoms with Crippen LogP contribution in [0.5, 0.6) is 0 Å². The summed E-state index contributed by atoms with van der Waals surface area (Å²) in [5, 5.41) is 74.2. The summed E-state index contributed by atoms with van der Waals surface area (Å²) < 4.78 is 5.46. The number of rotatable bonds is 24. The van der Waals surface area contributed by atoms with E-state index in [1.54, 1.807) is 99.6 Å². The summed E-state index contributed by atoms with van der Waals surface area (Å²) in [7, 11) is 0. The van der Waals surface area contributed by atoms with Crippen molar-refractivity contribution >= 4 is 82.9 Å². The second kappa shape index (κ2) is 40.8. The zero-order valence-electron chi connectivity index (χ0n) is 60.3. The van der Waals surface area contributed by atoms with Gasteiger partial charge in [-0.25, -0.2) is 4.79 Å². The summed E-state index contributed by atoms with van der Waals surface area (Å²) in [4.78, 5) is 191. The molecule has 34 nitrogen and oxygen atoms in total. The Kier molecular flexibility index (Phi) is 34.7. The van der Waals surface area contributed by atoms with E-state index < -0.39 is 203 Å². The number of nitrogens with zero attached hydrogens (tertiary/aromatic N) is 1. The number of hydrogen-bond acceptors (Lipinski definition) is 19. The van der Waals surface area contributed by atoms with Gasteiger partial charge in [0, 0.05) is 6.54 Å². The number of ether oxygens (including phenoxy) is 1. The smallest absolute Gasteiger partial charge is 0.408 e. The third-order valence-electron chi connectivity index (χ3n) is 16.3. The van der Waals surface area contributed by atoms with Crippen LogP contribution in [0.4, 0.5) is 4.79 Å². The summed E-state index contributed by atoms with van der Waals surface area (Å²) in [5.41, 5.74) is 15.7. The third-order valence-corrected chi connectivity index (χ3v) is 16.3. The molecule has 0 spiro atoms. The molecule has 1 saturated heterocycles. The van der Waals surface area contributed by atoms with Crippen LogP contribution < -0.4 is 81.0 Å². The van der Waals surface area contributed by atoms with Crippen LogP contribution >= 0.6 is 0 Å². The molecule has 568 valence electrons. The van der Waals surface area contributed by atoms with E-state index in [9.17, 15) is 68.4 Å². The number of aliphatic hydroxyl groups excluding tert-OH is 4. The number of aliphatic imine (C=N–C) groups is 1. The molecule has 34 heteroatoms. The highest BCUT2D eigenvalue weighted by Gasteiger charge is 2.44. The molecule has 102 heavy (non-hydrogen) atoms. The van der Waals surface area contributed by atoms with Gasteiger partial charge >= 0.3 is 6.09 Å². The fraction of sp³-hybridized carbons (Fsp3) is 0.618. The predicted octanol–water partition coefficient (Wildman–Crippen LogP) is -3.11. The number of nitrogens with two attached hydrogens (primary N) is 3. The molecular weight excluding hydrogens is 1330 g/mol. The van der Waals surface area contributed by atoms with Gasteiger partial charge in [0.1, 0.15) is 67.0 Å². The molecule has 0 radical (unpaired) electrons. The molecular formula is C68H108N16O18. The Morgan fingerprint density at radius 2 is 1.11 bits per heavy atom. The van der Waals surface area contributed by atoms with E-state index in [1.807, 2.05) is 5.32 Å². The van der Waals surface area contributed by atoms with E-state index in [-0.39, 0.29) is 63.2 Å². The topological polar surface area (TPSA) is 547 Å². The van der Waals surface area contributed by atoms with E-state index in [1.165, 1.54) is 44.2 Å². The highest BCUT2D eigenvalue weighted by atomic mass is 16.5. The fourth-order valence-corrected chi connectivity index (χ4v) is 10.6. The van der Waals surface area contributed by atoms with Crippen LogP contribution in [0.2, 0.25) is 0 Å². The quantitative estimate of drug-likeness (QED) is 0.0281. The Labute approximate surface area is 594 Å². The standard InChI is InChI=1S/C68H108N16O18/c1-14-36(6)46-61(97)81-47(37(7)86)60(96)73-31-45(87)79-51(53(89)54(69)90)64(100)77-44(32-85)59(95)82-48(39-24-19-16-20-25-39)49(83-58(94)42(29-67(8,9)10)76-57(93)43(30-68(11,12)13)78-66(101)102-33-38-22-17-15-18-23-38)62(98)84-50(52(88)35(4)5)63(99)75-41(28-34(2)3)56(92)74-40(55(91)80-46)26-21-27-72-65(70)71/h15-20,22-25,34-37,40-44,46-53,85-86,88-89H,14,21,26-33H2,1-13H3,(H2,69,90)(H,73,96)(H,74,92)(H,75,99)(H,76,93)(H,77,100)(H,78,101)(H,79,87)(H,80,91)(H,81,97)(H,82,95)(H,83,94)(H,84,98)(H4,70,71,72)/t36-,37-,40+,41-,42-,43+,44-,46-,47-,48+,49-,50-,51-,52+,53-/m0/s1. The van der Waals surface area contributed by atoms with Crippen molar-refractivity contribution in [3.63, 3.8) is 0 Å². The number of primary amides is 1. The number of guanidine groups is 1.